The van der Waals surface area contributed by atoms with Gasteiger partial charge in [-0.1, -0.05) is 25.1 Å². The Balaban J connectivity index is 2.29. The number of hydrogen-bond donors (Lipinski definition) is 2. The number of para-hydroxylation sites is 1. The monoisotopic (exact) mass is 272 g/mol. The van der Waals surface area contributed by atoms with E-state index in [1.165, 1.54) is 12.1 Å². The van der Waals surface area contributed by atoms with Gasteiger partial charge in [0, 0.05) is 22.5 Å². The third-order valence-electron chi connectivity index (χ3n) is 3.29. The Bertz CT molecular complexity index is 630. The van der Waals surface area contributed by atoms with Crippen molar-refractivity contribution in [2.45, 2.75) is 20.3 Å². The van der Waals surface area contributed by atoms with Crippen LogP contribution in [0.15, 0.2) is 36.4 Å². The molecule has 0 fully saturated rings. The average molecular weight is 272 g/mol. The number of carbonyl (C=O) groups excluding carboxylic acids is 1. The molecule has 0 aliphatic rings. The van der Waals surface area contributed by atoms with Crippen LogP contribution in [0.25, 0.3) is 0 Å². The second-order valence-electron chi connectivity index (χ2n) is 4.64. The van der Waals surface area contributed by atoms with Crippen molar-refractivity contribution in [3.05, 3.63) is 58.9 Å². The fraction of sp³-hybridized carbons (Fsp3) is 0.188. The van der Waals surface area contributed by atoms with E-state index in [1.807, 2.05) is 31.2 Å². The zero-order valence-corrected chi connectivity index (χ0v) is 11.5. The molecule has 0 bridgehead atoms. The van der Waals surface area contributed by atoms with E-state index in [0.29, 0.717) is 5.56 Å². The molecule has 3 nitrogen and oxygen atoms in total. The highest BCUT2D eigenvalue weighted by Crippen LogP contribution is 2.20. The molecule has 0 aromatic heterocycles. The van der Waals surface area contributed by atoms with Crippen LogP contribution in [-0.4, -0.2) is 5.91 Å². The summed E-state index contributed by atoms with van der Waals surface area (Å²) in [7, 11) is 0. The highest BCUT2D eigenvalue weighted by Gasteiger charge is 2.12. The van der Waals surface area contributed by atoms with Gasteiger partial charge in [0.25, 0.3) is 5.91 Å². The van der Waals surface area contributed by atoms with Crippen molar-refractivity contribution in [3.63, 3.8) is 0 Å². The van der Waals surface area contributed by atoms with Crippen LogP contribution >= 0.6 is 0 Å². The van der Waals surface area contributed by atoms with Crippen LogP contribution in [-0.2, 0) is 6.42 Å². The van der Waals surface area contributed by atoms with Gasteiger partial charge in [0.1, 0.15) is 5.82 Å². The van der Waals surface area contributed by atoms with E-state index in [1.54, 1.807) is 6.92 Å². The minimum absolute atomic E-state index is 0.219. The van der Waals surface area contributed by atoms with Gasteiger partial charge in [0.2, 0.25) is 0 Å². The van der Waals surface area contributed by atoms with E-state index in [0.717, 1.165) is 17.7 Å². The molecule has 20 heavy (non-hydrogen) atoms. The van der Waals surface area contributed by atoms with Crippen molar-refractivity contribution in [3.8, 4) is 0 Å². The molecule has 0 heterocycles. The minimum Gasteiger partial charge on any atom is -0.398 e. The van der Waals surface area contributed by atoms with Crippen molar-refractivity contribution in [2.24, 2.45) is 0 Å². The van der Waals surface area contributed by atoms with Crippen molar-refractivity contribution in [1.29, 1.82) is 0 Å². The highest BCUT2D eigenvalue weighted by atomic mass is 19.1. The van der Waals surface area contributed by atoms with E-state index >= 15 is 0 Å². The summed E-state index contributed by atoms with van der Waals surface area (Å²) in [5, 5.41) is 2.79. The number of nitrogens with two attached hydrogens (primary N) is 1. The van der Waals surface area contributed by atoms with Crippen LogP contribution in [0.5, 0.6) is 0 Å². The molecule has 2 aromatic rings. The Morgan fingerprint density at radius 2 is 2.00 bits per heavy atom. The van der Waals surface area contributed by atoms with Crippen molar-refractivity contribution < 1.29 is 9.18 Å². The van der Waals surface area contributed by atoms with E-state index in [2.05, 4.69) is 5.32 Å². The third-order valence-corrected chi connectivity index (χ3v) is 3.29. The largest absolute Gasteiger partial charge is 0.398 e. The first-order valence-corrected chi connectivity index (χ1v) is 6.47. The Morgan fingerprint density at radius 3 is 2.65 bits per heavy atom. The summed E-state index contributed by atoms with van der Waals surface area (Å²) in [6, 6.07) is 10.2. The second kappa shape index (κ2) is 5.74. The lowest BCUT2D eigenvalue weighted by atomic mass is 10.1. The zero-order chi connectivity index (χ0) is 14.7. The van der Waals surface area contributed by atoms with Gasteiger partial charge in [0.05, 0.1) is 0 Å². The topological polar surface area (TPSA) is 55.1 Å². The van der Waals surface area contributed by atoms with Gasteiger partial charge in [-0.25, -0.2) is 4.39 Å². The quantitative estimate of drug-likeness (QED) is 0.840. The summed E-state index contributed by atoms with van der Waals surface area (Å²) in [6.07, 6.45) is 0.806. The summed E-state index contributed by atoms with van der Waals surface area (Å²) in [5.74, 6) is -0.838. The van der Waals surface area contributed by atoms with Crippen molar-refractivity contribution >= 4 is 17.3 Å². The number of aryl methyl sites for hydroxylation is 1. The Hall–Kier alpha value is -2.36. The lowest BCUT2D eigenvalue weighted by Gasteiger charge is -2.11. The predicted octanol–water partition coefficient (Wildman–Crippen LogP) is 3.53. The number of hydrogen-bond acceptors (Lipinski definition) is 2. The van der Waals surface area contributed by atoms with Gasteiger partial charge < -0.3 is 11.1 Å². The summed E-state index contributed by atoms with van der Waals surface area (Å²) < 4.78 is 13.6. The molecule has 0 aliphatic carbocycles. The Morgan fingerprint density at radius 1 is 1.30 bits per heavy atom. The van der Waals surface area contributed by atoms with Crippen LogP contribution in [0, 0.1) is 12.7 Å². The first kappa shape index (κ1) is 14.1. The van der Waals surface area contributed by atoms with Crippen LogP contribution in [0.4, 0.5) is 15.8 Å². The second-order valence-corrected chi connectivity index (χ2v) is 4.64. The molecular weight excluding hydrogens is 255 g/mol. The van der Waals surface area contributed by atoms with Gasteiger partial charge in [-0.2, -0.15) is 0 Å². The van der Waals surface area contributed by atoms with Crippen LogP contribution in [0.1, 0.15) is 28.4 Å². The molecule has 0 spiro atoms. The Kier molecular flexibility index (Phi) is 4.03. The third kappa shape index (κ3) is 2.79. The first-order chi connectivity index (χ1) is 9.52. The van der Waals surface area contributed by atoms with Crippen LogP contribution in [0.2, 0.25) is 0 Å². The molecule has 0 saturated carbocycles. The number of amides is 1. The van der Waals surface area contributed by atoms with Crippen molar-refractivity contribution in [1.82, 2.24) is 0 Å². The molecule has 0 radical (unpaired) electrons. The highest BCUT2D eigenvalue weighted by molar-refractivity contribution is 6.05. The molecule has 1 amide bonds. The number of carbonyl (C=O) groups is 1. The smallest absolute Gasteiger partial charge is 0.255 e. The van der Waals surface area contributed by atoms with Gasteiger partial charge in [0.15, 0.2) is 0 Å². The molecule has 104 valence electrons. The lowest BCUT2D eigenvalue weighted by Crippen LogP contribution is -2.14. The summed E-state index contributed by atoms with van der Waals surface area (Å²) in [5.41, 5.74) is 8.31. The predicted molar refractivity (Wildman–Crippen MR) is 79.3 cm³/mol. The van der Waals surface area contributed by atoms with E-state index in [-0.39, 0.29) is 17.2 Å². The first-order valence-electron chi connectivity index (χ1n) is 6.47. The zero-order valence-electron chi connectivity index (χ0n) is 11.5. The molecule has 0 saturated heterocycles. The maximum atomic E-state index is 13.6. The molecule has 3 N–H and O–H groups in total. The summed E-state index contributed by atoms with van der Waals surface area (Å²) in [4.78, 5) is 12.2. The van der Waals surface area contributed by atoms with Gasteiger partial charge in [-0.3, -0.25) is 4.79 Å². The fourth-order valence-electron chi connectivity index (χ4n) is 1.98. The number of nitrogen functional groups attached to an aromatic ring is 1. The number of rotatable bonds is 3. The minimum atomic E-state index is -0.473. The maximum Gasteiger partial charge on any atom is 0.255 e. The average Bonchev–Trinajstić information content (AvgIpc) is 2.44. The number of nitrogens with one attached hydrogen (secondary N) is 1. The fourth-order valence-corrected chi connectivity index (χ4v) is 1.98. The van der Waals surface area contributed by atoms with E-state index < -0.39 is 5.82 Å². The van der Waals surface area contributed by atoms with E-state index in [9.17, 15) is 9.18 Å². The normalized spacial score (nSPS) is 10.3. The standard InChI is InChI=1S/C16H17FN2O/c1-3-11-6-4-5-7-15(11)19-16(20)12-8-13(17)10(2)14(18)9-12/h4-9H,3,18H2,1-2H3,(H,19,20). The van der Waals surface area contributed by atoms with Crippen LogP contribution < -0.4 is 11.1 Å². The summed E-state index contributed by atoms with van der Waals surface area (Å²) >= 11 is 0. The number of benzene rings is 2. The molecule has 0 unspecified atom stereocenters. The van der Waals surface area contributed by atoms with Gasteiger partial charge in [-0.05, 0) is 37.1 Å². The van der Waals surface area contributed by atoms with Gasteiger partial charge in [-0.15, -0.1) is 0 Å². The molecule has 2 rings (SSSR count). The maximum absolute atomic E-state index is 13.6. The molecule has 0 aliphatic heterocycles. The molecule has 4 heteroatoms. The lowest BCUT2D eigenvalue weighted by molar-refractivity contribution is 0.102. The Labute approximate surface area is 117 Å². The number of anilines is 2. The molecular formula is C16H17FN2O. The molecule has 0 atom stereocenters. The van der Waals surface area contributed by atoms with Gasteiger partial charge >= 0.3 is 0 Å². The van der Waals surface area contributed by atoms with E-state index in [4.69, 9.17) is 5.73 Å². The molecule has 2 aromatic carbocycles. The van der Waals surface area contributed by atoms with Crippen molar-refractivity contribution in [2.75, 3.05) is 11.1 Å². The SMILES string of the molecule is CCc1ccccc1NC(=O)c1cc(N)c(C)c(F)c1. The summed E-state index contributed by atoms with van der Waals surface area (Å²) in [6.45, 7) is 3.59. The van der Waals surface area contributed by atoms with Crippen LogP contribution in [0.3, 0.4) is 0 Å². The number of halogens is 1.